The average molecular weight is 284 g/mol. The zero-order chi connectivity index (χ0) is 13.4. The second-order valence-corrected chi connectivity index (χ2v) is 5.22. The zero-order valence-electron chi connectivity index (χ0n) is 10.3. The minimum atomic E-state index is -0.405. The zero-order valence-corrected chi connectivity index (χ0v) is 11.0. The van der Waals surface area contributed by atoms with Gasteiger partial charge in [-0.15, -0.1) is 0 Å². The molecule has 0 spiro atoms. The molecule has 0 bridgehead atoms. The summed E-state index contributed by atoms with van der Waals surface area (Å²) < 4.78 is 5.71. The lowest BCUT2D eigenvalue weighted by atomic mass is 10.1. The molecule has 2 heterocycles. The number of pyridine rings is 1. The lowest BCUT2D eigenvalue weighted by Crippen LogP contribution is -2.49. The Labute approximate surface area is 115 Å². The second-order valence-electron chi connectivity index (χ2n) is 4.83. The van der Waals surface area contributed by atoms with Gasteiger partial charge in [-0.05, 0) is 25.3 Å². The molecule has 2 aliphatic rings. The van der Waals surface area contributed by atoms with Gasteiger partial charge in [0.2, 0.25) is 5.82 Å². The molecule has 1 aromatic rings. The van der Waals surface area contributed by atoms with E-state index < -0.39 is 4.92 Å². The first-order chi connectivity index (χ1) is 9.16. The molecule has 7 heteroatoms. The normalized spacial score (nSPS) is 26.3. The molecule has 102 valence electrons. The average Bonchev–Trinajstić information content (AvgIpc) is 2.86. The summed E-state index contributed by atoms with van der Waals surface area (Å²) in [5.74, 6) is 0.373. The van der Waals surface area contributed by atoms with Crippen molar-refractivity contribution in [2.24, 2.45) is 0 Å². The second kappa shape index (κ2) is 4.94. The van der Waals surface area contributed by atoms with Crippen LogP contribution in [0.3, 0.4) is 0 Å². The molecule has 19 heavy (non-hydrogen) atoms. The summed E-state index contributed by atoms with van der Waals surface area (Å²) in [5.41, 5.74) is 0.0111. The third-order valence-corrected chi connectivity index (χ3v) is 3.98. The number of fused-ring (bicyclic) bond motifs is 1. The van der Waals surface area contributed by atoms with Crippen LogP contribution in [0, 0.1) is 10.1 Å². The van der Waals surface area contributed by atoms with Gasteiger partial charge in [-0.3, -0.25) is 10.1 Å². The van der Waals surface area contributed by atoms with E-state index in [4.69, 9.17) is 16.3 Å². The van der Waals surface area contributed by atoms with Crippen LogP contribution in [-0.2, 0) is 4.74 Å². The first kappa shape index (κ1) is 12.6. The van der Waals surface area contributed by atoms with E-state index in [0.717, 1.165) is 19.3 Å². The van der Waals surface area contributed by atoms with Gasteiger partial charge in [-0.25, -0.2) is 4.98 Å². The van der Waals surface area contributed by atoms with E-state index in [1.165, 1.54) is 12.1 Å². The van der Waals surface area contributed by atoms with Crippen molar-refractivity contribution in [2.45, 2.75) is 31.4 Å². The molecule has 1 saturated heterocycles. The topological polar surface area (TPSA) is 68.5 Å². The van der Waals surface area contributed by atoms with E-state index in [2.05, 4.69) is 4.98 Å². The van der Waals surface area contributed by atoms with Gasteiger partial charge in [-0.1, -0.05) is 11.6 Å². The summed E-state index contributed by atoms with van der Waals surface area (Å²) in [5, 5.41) is 11.4. The van der Waals surface area contributed by atoms with E-state index in [1.807, 2.05) is 4.90 Å². The van der Waals surface area contributed by atoms with Gasteiger partial charge in [0.05, 0.1) is 23.7 Å². The molecular formula is C12H14ClN3O3. The Morgan fingerprint density at radius 3 is 3.11 bits per heavy atom. The van der Waals surface area contributed by atoms with E-state index in [1.54, 1.807) is 0 Å². The fourth-order valence-electron chi connectivity index (χ4n) is 2.96. The van der Waals surface area contributed by atoms with Crippen LogP contribution in [0.15, 0.2) is 12.1 Å². The molecule has 0 aromatic carbocycles. The van der Waals surface area contributed by atoms with Crippen molar-refractivity contribution >= 4 is 23.1 Å². The van der Waals surface area contributed by atoms with Gasteiger partial charge in [0.25, 0.3) is 0 Å². The molecular weight excluding hydrogens is 270 g/mol. The Bertz CT molecular complexity index is 511. The van der Waals surface area contributed by atoms with Gasteiger partial charge >= 0.3 is 5.69 Å². The molecule has 0 radical (unpaired) electrons. The standard InChI is InChI=1S/C12H14ClN3O3/c13-11-5-4-9(16(17)18)12(14-11)15-6-7-19-10-3-1-2-8(10)15/h4-5,8,10H,1-3,6-7H2. The Morgan fingerprint density at radius 1 is 1.47 bits per heavy atom. The number of nitrogens with zero attached hydrogens (tertiary/aromatic N) is 3. The maximum absolute atomic E-state index is 11.1. The van der Waals surface area contributed by atoms with Crippen molar-refractivity contribution < 1.29 is 9.66 Å². The van der Waals surface area contributed by atoms with Crippen molar-refractivity contribution in [1.29, 1.82) is 0 Å². The van der Waals surface area contributed by atoms with Crippen molar-refractivity contribution in [2.75, 3.05) is 18.1 Å². The molecule has 1 saturated carbocycles. The van der Waals surface area contributed by atoms with E-state index in [9.17, 15) is 10.1 Å². The molecule has 1 aliphatic carbocycles. The van der Waals surface area contributed by atoms with Crippen LogP contribution in [-0.4, -0.2) is 35.2 Å². The van der Waals surface area contributed by atoms with Gasteiger partial charge in [0, 0.05) is 12.6 Å². The van der Waals surface area contributed by atoms with E-state index >= 15 is 0 Å². The predicted octanol–water partition coefficient (Wildman–Crippen LogP) is 2.40. The molecule has 0 amide bonds. The first-order valence-electron chi connectivity index (χ1n) is 6.36. The van der Waals surface area contributed by atoms with Crippen molar-refractivity contribution in [3.05, 3.63) is 27.4 Å². The number of halogens is 1. The third kappa shape index (κ3) is 2.26. The smallest absolute Gasteiger partial charge is 0.311 e. The highest BCUT2D eigenvalue weighted by molar-refractivity contribution is 6.29. The summed E-state index contributed by atoms with van der Waals surface area (Å²) in [6.45, 7) is 1.20. The van der Waals surface area contributed by atoms with Crippen LogP contribution in [0.2, 0.25) is 5.15 Å². The van der Waals surface area contributed by atoms with Crippen molar-refractivity contribution in [1.82, 2.24) is 4.98 Å². The van der Waals surface area contributed by atoms with Crippen LogP contribution >= 0.6 is 11.6 Å². The highest BCUT2D eigenvalue weighted by Gasteiger charge is 2.39. The Hall–Kier alpha value is -1.40. The lowest BCUT2D eigenvalue weighted by Gasteiger charge is -2.38. The molecule has 0 N–H and O–H groups in total. The summed E-state index contributed by atoms with van der Waals surface area (Å²) in [4.78, 5) is 16.9. The van der Waals surface area contributed by atoms with Crippen molar-refractivity contribution in [3.63, 3.8) is 0 Å². The number of aromatic nitrogens is 1. The van der Waals surface area contributed by atoms with Crippen LogP contribution in [0.5, 0.6) is 0 Å². The quantitative estimate of drug-likeness (QED) is 0.473. The Kier molecular flexibility index (Phi) is 3.28. The first-order valence-corrected chi connectivity index (χ1v) is 6.74. The molecule has 1 aromatic heterocycles. The molecule has 3 rings (SSSR count). The number of hydrogen-bond acceptors (Lipinski definition) is 5. The number of anilines is 1. The number of nitro groups is 1. The predicted molar refractivity (Wildman–Crippen MR) is 70.6 cm³/mol. The lowest BCUT2D eigenvalue weighted by molar-refractivity contribution is -0.384. The van der Waals surface area contributed by atoms with Gasteiger partial charge in [-0.2, -0.15) is 0 Å². The number of ether oxygens (including phenoxy) is 1. The summed E-state index contributed by atoms with van der Waals surface area (Å²) in [6.07, 6.45) is 3.24. The van der Waals surface area contributed by atoms with Crippen molar-refractivity contribution in [3.8, 4) is 0 Å². The molecule has 6 nitrogen and oxygen atoms in total. The number of hydrogen-bond donors (Lipinski definition) is 0. The largest absolute Gasteiger partial charge is 0.374 e. The summed E-state index contributed by atoms with van der Waals surface area (Å²) in [7, 11) is 0. The minimum Gasteiger partial charge on any atom is -0.374 e. The maximum atomic E-state index is 11.1. The highest BCUT2D eigenvalue weighted by atomic mass is 35.5. The summed E-state index contributed by atoms with van der Waals surface area (Å²) >= 11 is 5.89. The van der Waals surface area contributed by atoms with Crippen LogP contribution in [0.4, 0.5) is 11.5 Å². The molecule has 2 atom stereocenters. The van der Waals surface area contributed by atoms with E-state index in [0.29, 0.717) is 19.0 Å². The highest BCUT2D eigenvalue weighted by Crippen LogP contribution is 2.36. The number of morpholine rings is 1. The minimum absolute atomic E-state index is 0.0111. The number of rotatable bonds is 2. The van der Waals surface area contributed by atoms with Gasteiger partial charge < -0.3 is 9.64 Å². The van der Waals surface area contributed by atoms with Crippen LogP contribution < -0.4 is 4.90 Å². The van der Waals surface area contributed by atoms with Crippen LogP contribution in [0.1, 0.15) is 19.3 Å². The third-order valence-electron chi connectivity index (χ3n) is 3.77. The van der Waals surface area contributed by atoms with Gasteiger partial charge in [0.1, 0.15) is 5.15 Å². The SMILES string of the molecule is O=[N+]([O-])c1ccc(Cl)nc1N1CCOC2CCCC21. The molecule has 2 unspecified atom stereocenters. The fraction of sp³-hybridized carbons (Fsp3) is 0.583. The molecule has 2 fully saturated rings. The Balaban J connectivity index is 2.00. The molecule has 1 aliphatic heterocycles. The maximum Gasteiger partial charge on any atom is 0.311 e. The fourth-order valence-corrected chi connectivity index (χ4v) is 3.10. The monoisotopic (exact) mass is 283 g/mol. The van der Waals surface area contributed by atoms with Crippen LogP contribution in [0.25, 0.3) is 0 Å². The Morgan fingerprint density at radius 2 is 2.32 bits per heavy atom. The van der Waals surface area contributed by atoms with Gasteiger partial charge in [0.15, 0.2) is 0 Å². The van der Waals surface area contributed by atoms with E-state index in [-0.39, 0.29) is 23.0 Å². The summed E-state index contributed by atoms with van der Waals surface area (Å²) in [6, 6.07) is 3.05.